The molecule has 0 saturated heterocycles. The summed E-state index contributed by atoms with van der Waals surface area (Å²) in [6.45, 7) is 3.24. The maximum absolute atomic E-state index is 11.2. The highest BCUT2D eigenvalue weighted by Gasteiger charge is 2.46. The molecule has 0 spiro atoms. The fraction of sp³-hybridized carbons (Fsp3) is 0.395. The fourth-order valence-corrected chi connectivity index (χ4v) is 8.93. The minimum Gasteiger partial charge on any atom is -0.492 e. The number of halogens is 2. The molecule has 2 saturated carbocycles. The molecule has 0 unspecified atom stereocenters. The molecule has 4 aromatic rings. The zero-order valence-electron chi connectivity index (χ0n) is 30.8. The molecule has 2 aliphatic heterocycles. The molecule has 3 N–H and O–H groups in total. The lowest BCUT2D eigenvalue weighted by atomic mass is 9.59. The molecule has 0 radical (unpaired) electrons. The number of sulfonamides is 1. The molecule has 54 heavy (non-hydrogen) atoms. The summed E-state index contributed by atoms with van der Waals surface area (Å²) in [4.78, 5) is 9.96. The summed E-state index contributed by atoms with van der Waals surface area (Å²) in [5.74, 6) is 1.61. The van der Waals surface area contributed by atoms with E-state index in [0.717, 1.165) is 90.7 Å². The molecule has 2 aliphatic carbocycles. The SMILES string of the molecule is CS(=O)(=O)NCCOc1ccc2c(c1)C(C1(c3ccc(Cl)cc3)CCC1)=NCC2.NCCOc1ccc2c(c1)C(C1(c3ccc(Cl)cc3)CCC1)=NCC2. The Morgan fingerprint density at radius 3 is 1.52 bits per heavy atom. The maximum Gasteiger partial charge on any atom is 0.208 e. The van der Waals surface area contributed by atoms with Gasteiger partial charge in [0, 0.05) is 58.2 Å². The third-order valence-corrected chi connectivity index (χ3v) is 12.4. The first-order valence-electron chi connectivity index (χ1n) is 18.9. The van der Waals surface area contributed by atoms with Crippen LogP contribution in [0.15, 0.2) is 94.9 Å². The van der Waals surface area contributed by atoms with Gasteiger partial charge in [0.2, 0.25) is 10.0 Å². The van der Waals surface area contributed by atoms with Gasteiger partial charge in [0.05, 0.1) is 17.7 Å². The first-order chi connectivity index (χ1) is 26.1. The molecule has 0 bridgehead atoms. The lowest BCUT2D eigenvalue weighted by molar-refractivity contribution is 0.322. The van der Waals surface area contributed by atoms with Crippen LogP contribution in [0.2, 0.25) is 10.0 Å². The van der Waals surface area contributed by atoms with E-state index in [1.54, 1.807) is 0 Å². The number of aliphatic imine (C=N–C) groups is 2. The van der Waals surface area contributed by atoms with E-state index in [1.807, 2.05) is 36.4 Å². The summed E-state index contributed by atoms with van der Waals surface area (Å²) in [6.07, 6.45) is 9.92. The molecule has 0 aromatic heterocycles. The van der Waals surface area contributed by atoms with Crippen molar-refractivity contribution in [2.45, 2.75) is 62.2 Å². The Morgan fingerprint density at radius 1 is 0.685 bits per heavy atom. The number of hydrogen-bond donors (Lipinski definition) is 2. The van der Waals surface area contributed by atoms with Crippen molar-refractivity contribution in [2.75, 3.05) is 45.6 Å². The quantitative estimate of drug-likeness (QED) is 0.142. The van der Waals surface area contributed by atoms with Crippen molar-refractivity contribution in [3.8, 4) is 11.5 Å². The summed E-state index contributed by atoms with van der Waals surface area (Å²) in [6, 6.07) is 29.0. The Labute approximate surface area is 329 Å². The van der Waals surface area contributed by atoms with Crippen molar-refractivity contribution >= 4 is 44.6 Å². The minimum absolute atomic E-state index is 0.0201. The number of benzene rings is 4. The van der Waals surface area contributed by atoms with Crippen LogP contribution in [-0.4, -0.2) is 65.5 Å². The van der Waals surface area contributed by atoms with Crippen LogP contribution in [0, 0.1) is 0 Å². The van der Waals surface area contributed by atoms with Crippen molar-refractivity contribution < 1.29 is 17.9 Å². The topological polar surface area (TPSA) is 115 Å². The second-order valence-electron chi connectivity index (χ2n) is 14.6. The normalized spacial score (nSPS) is 17.9. The molecule has 2 heterocycles. The first-order valence-corrected chi connectivity index (χ1v) is 21.5. The van der Waals surface area contributed by atoms with Crippen molar-refractivity contribution in [1.82, 2.24) is 4.72 Å². The van der Waals surface area contributed by atoms with Gasteiger partial charge in [0.25, 0.3) is 0 Å². The third kappa shape index (κ3) is 8.26. The average Bonchev–Trinajstić information content (AvgIpc) is 3.13. The maximum atomic E-state index is 11.2. The Bertz CT molecular complexity index is 2130. The van der Waals surface area contributed by atoms with Crippen LogP contribution in [0.4, 0.5) is 0 Å². The van der Waals surface area contributed by atoms with Crippen molar-refractivity contribution in [3.63, 3.8) is 0 Å². The minimum atomic E-state index is -3.21. The van der Waals surface area contributed by atoms with Crippen LogP contribution in [0.5, 0.6) is 11.5 Å². The summed E-state index contributed by atoms with van der Waals surface area (Å²) in [5, 5.41) is 1.52. The van der Waals surface area contributed by atoms with E-state index in [4.69, 9.17) is 48.4 Å². The summed E-state index contributed by atoms with van der Waals surface area (Å²) in [5.41, 5.74) is 15.5. The highest BCUT2D eigenvalue weighted by atomic mass is 35.5. The van der Waals surface area contributed by atoms with Gasteiger partial charge < -0.3 is 15.2 Å². The van der Waals surface area contributed by atoms with Crippen LogP contribution in [0.1, 0.15) is 71.9 Å². The lowest BCUT2D eigenvalue weighted by Crippen LogP contribution is -2.44. The number of nitrogens with zero attached hydrogens (tertiary/aromatic N) is 2. The van der Waals surface area contributed by atoms with Crippen LogP contribution in [0.3, 0.4) is 0 Å². The second-order valence-corrected chi connectivity index (χ2v) is 17.3. The Morgan fingerprint density at radius 2 is 1.13 bits per heavy atom. The molecular formula is C43H48Cl2N4O4S. The molecule has 4 aliphatic rings. The van der Waals surface area contributed by atoms with E-state index in [9.17, 15) is 8.42 Å². The molecule has 0 amide bonds. The molecule has 0 atom stereocenters. The number of ether oxygens (including phenoxy) is 2. The molecule has 2 fully saturated rings. The van der Waals surface area contributed by atoms with E-state index >= 15 is 0 Å². The monoisotopic (exact) mass is 786 g/mol. The van der Waals surface area contributed by atoms with Gasteiger partial charge in [0.15, 0.2) is 0 Å². The lowest BCUT2D eigenvalue weighted by Gasteiger charge is -2.45. The molecule has 284 valence electrons. The first kappa shape index (κ1) is 38.5. The van der Waals surface area contributed by atoms with Crippen LogP contribution in [-0.2, 0) is 33.7 Å². The Balaban J connectivity index is 0.000000168. The summed E-state index contributed by atoms with van der Waals surface area (Å²) in [7, 11) is -3.21. The van der Waals surface area contributed by atoms with Gasteiger partial charge in [-0.2, -0.15) is 0 Å². The van der Waals surface area contributed by atoms with E-state index in [2.05, 4.69) is 53.3 Å². The average molecular weight is 788 g/mol. The van der Waals surface area contributed by atoms with E-state index < -0.39 is 10.0 Å². The van der Waals surface area contributed by atoms with Crippen LogP contribution >= 0.6 is 23.2 Å². The van der Waals surface area contributed by atoms with E-state index in [-0.39, 0.29) is 24.0 Å². The smallest absolute Gasteiger partial charge is 0.208 e. The van der Waals surface area contributed by atoms with E-state index in [1.165, 1.54) is 46.4 Å². The zero-order chi connectivity index (χ0) is 37.8. The summed E-state index contributed by atoms with van der Waals surface area (Å²) < 4.78 is 36.4. The van der Waals surface area contributed by atoms with Gasteiger partial charge in [-0.25, -0.2) is 13.1 Å². The number of rotatable bonds is 12. The molecular weight excluding hydrogens is 739 g/mol. The van der Waals surface area contributed by atoms with Gasteiger partial charge in [-0.3, -0.25) is 9.98 Å². The van der Waals surface area contributed by atoms with Gasteiger partial charge in [-0.1, -0.05) is 72.4 Å². The Kier molecular flexibility index (Phi) is 11.8. The highest BCUT2D eigenvalue weighted by Crippen LogP contribution is 2.49. The molecule has 11 heteroatoms. The molecule has 4 aromatic carbocycles. The number of nitrogens with one attached hydrogen (secondary N) is 1. The van der Waals surface area contributed by atoms with Gasteiger partial charge in [-0.15, -0.1) is 0 Å². The Hall–Kier alpha value is -3.73. The summed E-state index contributed by atoms with van der Waals surface area (Å²) >= 11 is 12.2. The number of fused-ring (bicyclic) bond motifs is 2. The van der Waals surface area contributed by atoms with Crippen molar-refractivity contribution in [2.24, 2.45) is 15.7 Å². The van der Waals surface area contributed by atoms with Crippen LogP contribution < -0.4 is 19.9 Å². The molecule has 8 rings (SSSR count). The van der Waals surface area contributed by atoms with Gasteiger partial charge in [-0.05, 0) is 109 Å². The largest absolute Gasteiger partial charge is 0.492 e. The standard InChI is InChI=1S/C22H25ClN2O3S.C21H23ClN2O/c1-29(26,27)25-13-14-28-19-8-3-16-9-12-24-21(20(16)15-19)22(10-2-11-22)17-4-6-18(23)7-5-17;22-17-5-3-16(4-6-17)21(9-1-10-21)20-19-14-18(25-13-11-23)7-2-15(19)8-12-24-20/h3-8,15,25H,2,9-14H2,1H3;2-7,14H,1,8-13,23H2. The zero-order valence-corrected chi connectivity index (χ0v) is 33.1. The predicted octanol–water partition coefficient (Wildman–Crippen LogP) is 7.88. The molecule has 8 nitrogen and oxygen atoms in total. The van der Waals surface area contributed by atoms with E-state index in [0.29, 0.717) is 13.2 Å². The van der Waals surface area contributed by atoms with Crippen molar-refractivity contribution in [1.29, 1.82) is 0 Å². The third-order valence-electron chi connectivity index (χ3n) is 11.2. The van der Waals surface area contributed by atoms with Gasteiger partial charge in [0.1, 0.15) is 24.7 Å². The van der Waals surface area contributed by atoms with Gasteiger partial charge >= 0.3 is 0 Å². The predicted molar refractivity (Wildman–Crippen MR) is 220 cm³/mol. The highest BCUT2D eigenvalue weighted by molar-refractivity contribution is 7.88. The van der Waals surface area contributed by atoms with Crippen molar-refractivity contribution in [3.05, 3.63) is 128 Å². The number of hydrogen-bond acceptors (Lipinski definition) is 7. The fourth-order valence-electron chi connectivity index (χ4n) is 8.23. The second kappa shape index (κ2) is 16.6. The number of nitrogens with two attached hydrogens (primary N) is 1. The van der Waals surface area contributed by atoms with Crippen LogP contribution in [0.25, 0.3) is 0 Å².